The maximum atomic E-state index is 13.9. The van der Waals surface area contributed by atoms with E-state index in [9.17, 15) is 4.39 Å². The summed E-state index contributed by atoms with van der Waals surface area (Å²) in [6.45, 7) is 3.96. The van der Waals surface area contributed by atoms with Crippen LogP contribution in [0.4, 0.5) is 4.39 Å². The van der Waals surface area contributed by atoms with Gasteiger partial charge in [0.05, 0.1) is 16.7 Å². The number of para-hydroxylation sites is 1. The first-order valence-electron chi connectivity index (χ1n) is 5.86. The molecule has 3 rings (SSSR count). The number of aryl methyl sites for hydroxylation is 2. The van der Waals surface area contributed by atoms with Crippen molar-refractivity contribution in [2.75, 3.05) is 0 Å². The van der Waals surface area contributed by atoms with Crippen molar-refractivity contribution in [3.8, 4) is 5.69 Å². The van der Waals surface area contributed by atoms with Gasteiger partial charge in [0.1, 0.15) is 12.1 Å². The van der Waals surface area contributed by atoms with Crippen molar-refractivity contribution in [2.45, 2.75) is 13.8 Å². The van der Waals surface area contributed by atoms with E-state index in [1.165, 1.54) is 6.07 Å². The second-order valence-corrected chi connectivity index (χ2v) is 4.51. The van der Waals surface area contributed by atoms with Gasteiger partial charge in [-0.1, -0.05) is 18.2 Å². The van der Waals surface area contributed by atoms with Crippen LogP contribution in [-0.2, 0) is 0 Å². The third-order valence-corrected chi connectivity index (χ3v) is 3.14. The lowest BCUT2D eigenvalue weighted by molar-refractivity contribution is 0.619. The Morgan fingerprint density at radius 2 is 1.94 bits per heavy atom. The lowest BCUT2D eigenvalue weighted by Gasteiger charge is -2.07. The predicted octanol–water partition coefficient (Wildman–Crippen LogP) is 3.78. The molecule has 2 aromatic carbocycles. The normalized spacial score (nSPS) is 11.1. The van der Waals surface area contributed by atoms with Crippen LogP contribution in [0.5, 0.6) is 0 Å². The molecule has 0 unspecified atom stereocenters. The summed E-state index contributed by atoms with van der Waals surface area (Å²) in [4.78, 5) is 4.36. The highest BCUT2D eigenvalue weighted by Gasteiger charge is 2.09. The van der Waals surface area contributed by atoms with Crippen molar-refractivity contribution in [1.29, 1.82) is 0 Å². The van der Waals surface area contributed by atoms with Crippen LogP contribution in [0.25, 0.3) is 16.7 Å². The number of hydrogen-bond donors (Lipinski definition) is 0. The molecule has 0 bridgehead atoms. The van der Waals surface area contributed by atoms with Crippen molar-refractivity contribution in [3.63, 3.8) is 0 Å². The van der Waals surface area contributed by atoms with E-state index >= 15 is 0 Å². The Balaban J connectivity index is 2.32. The smallest absolute Gasteiger partial charge is 0.147 e. The third kappa shape index (κ3) is 1.59. The molecular weight excluding hydrogens is 227 g/mol. The van der Waals surface area contributed by atoms with E-state index in [-0.39, 0.29) is 5.82 Å². The number of nitrogens with zero attached hydrogens (tertiary/aromatic N) is 2. The fourth-order valence-electron chi connectivity index (χ4n) is 2.18. The van der Waals surface area contributed by atoms with Gasteiger partial charge in [0.15, 0.2) is 0 Å². The molecule has 0 saturated heterocycles. The number of aromatic nitrogens is 2. The van der Waals surface area contributed by atoms with E-state index in [0.717, 1.165) is 22.2 Å². The average molecular weight is 240 g/mol. The zero-order valence-corrected chi connectivity index (χ0v) is 10.3. The van der Waals surface area contributed by atoms with Gasteiger partial charge in [-0.25, -0.2) is 9.37 Å². The van der Waals surface area contributed by atoms with Crippen LogP contribution < -0.4 is 0 Å². The van der Waals surface area contributed by atoms with Crippen molar-refractivity contribution in [1.82, 2.24) is 9.55 Å². The molecule has 0 aliphatic heterocycles. The highest BCUT2D eigenvalue weighted by atomic mass is 19.1. The van der Waals surface area contributed by atoms with Crippen LogP contribution in [-0.4, -0.2) is 9.55 Å². The molecule has 0 atom stereocenters. The third-order valence-electron chi connectivity index (χ3n) is 3.14. The standard InChI is InChI=1S/C15H13FN2/c1-10-6-7-12(16)14(8-10)18-9-17-15-11(2)4-3-5-13(15)18/h3-9H,1-2H3. The summed E-state index contributed by atoms with van der Waals surface area (Å²) in [5.41, 5.74) is 4.52. The molecular formula is C15H13FN2. The average Bonchev–Trinajstić information content (AvgIpc) is 2.77. The van der Waals surface area contributed by atoms with Gasteiger partial charge in [0.2, 0.25) is 0 Å². The van der Waals surface area contributed by atoms with Crippen LogP contribution in [0.3, 0.4) is 0 Å². The molecule has 2 nitrogen and oxygen atoms in total. The molecule has 1 heterocycles. The van der Waals surface area contributed by atoms with Crippen molar-refractivity contribution in [3.05, 3.63) is 59.7 Å². The SMILES string of the molecule is Cc1ccc(F)c(-n2cnc3c(C)cccc32)c1. The monoisotopic (exact) mass is 240 g/mol. The number of benzene rings is 2. The summed E-state index contributed by atoms with van der Waals surface area (Å²) < 4.78 is 15.7. The Bertz CT molecular complexity index is 728. The Morgan fingerprint density at radius 3 is 2.78 bits per heavy atom. The van der Waals surface area contributed by atoms with E-state index in [2.05, 4.69) is 4.98 Å². The van der Waals surface area contributed by atoms with Gasteiger partial charge < -0.3 is 0 Å². The highest BCUT2D eigenvalue weighted by Crippen LogP contribution is 2.23. The van der Waals surface area contributed by atoms with Gasteiger partial charge in [0, 0.05) is 0 Å². The molecule has 0 aliphatic rings. The second kappa shape index (κ2) is 3.95. The fraction of sp³-hybridized carbons (Fsp3) is 0.133. The molecule has 0 fully saturated rings. The van der Waals surface area contributed by atoms with E-state index in [0.29, 0.717) is 5.69 Å². The van der Waals surface area contributed by atoms with Crippen molar-refractivity contribution < 1.29 is 4.39 Å². The zero-order valence-electron chi connectivity index (χ0n) is 10.3. The molecule has 0 spiro atoms. The first kappa shape index (κ1) is 11.0. The molecule has 90 valence electrons. The second-order valence-electron chi connectivity index (χ2n) is 4.51. The van der Waals surface area contributed by atoms with E-state index in [4.69, 9.17) is 0 Å². The van der Waals surface area contributed by atoms with Crippen LogP contribution >= 0.6 is 0 Å². The zero-order chi connectivity index (χ0) is 12.7. The molecule has 0 radical (unpaired) electrons. The van der Waals surface area contributed by atoms with Gasteiger partial charge in [-0.05, 0) is 43.2 Å². The van der Waals surface area contributed by atoms with Gasteiger partial charge in [-0.15, -0.1) is 0 Å². The van der Waals surface area contributed by atoms with Crippen LogP contribution in [0.2, 0.25) is 0 Å². The highest BCUT2D eigenvalue weighted by molar-refractivity contribution is 5.80. The molecule has 1 aromatic heterocycles. The van der Waals surface area contributed by atoms with Gasteiger partial charge in [0.25, 0.3) is 0 Å². The Kier molecular flexibility index (Phi) is 2.40. The number of hydrogen-bond acceptors (Lipinski definition) is 1. The minimum Gasteiger partial charge on any atom is -0.296 e. The minimum absolute atomic E-state index is 0.235. The molecule has 0 saturated carbocycles. The van der Waals surface area contributed by atoms with Gasteiger partial charge in [-0.2, -0.15) is 0 Å². The lowest BCUT2D eigenvalue weighted by Crippen LogP contribution is -1.96. The molecule has 0 amide bonds. The molecule has 18 heavy (non-hydrogen) atoms. The predicted molar refractivity (Wildman–Crippen MR) is 70.5 cm³/mol. The summed E-state index contributed by atoms with van der Waals surface area (Å²) >= 11 is 0. The summed E-state index contributed by atoms with van der Waals surface area (Å²) in [5, 5.41) is 0. The summed E-state index contributed by atoms with van der Waals surface area (Å²) in [6, 6.07) is 11.0. The summed E-state index contributed by atoms with van der Waals surface area (Å²) in [6.07, 6.45) is 1.68. The van der Waals surface area contributed by atoms with E-state index in [1.807, 2.05) is 38.1 Å². The molecule has 0 N–H and O–H groups in total. The molecule has 3 aromatic rings. The van der Waals surface area contributed by atoms with E-state index < -0.39 is 0 Å². The van der Waals surface area contributed by atoms with Crippen LogP contribution in [0.15, 0.2) is 42.7 Å². The Labute approximate surface area is 105 Å². The minimum atomic E-state index is -0.235. The van der Waals surface area contributed by atoms with Crippen LogP contribution in [0.1, 0.15) is 11.1 Å². The number of halogens is 1. The fourth-order valence-corrected chi connectivity index (χ4v) is 2.18. The van der Waals surface area contributed by atoms with Crippen molar-refractivity contribution >= 4 is 11.0 Å². The topological polar surface area (TPSA) is 17.8 Å². The largest absolute Gasteiger partial charge is 0.296 e. The maximum Gasteiger partial charge on any atom is 0.147 e. The maximum absolute atomic E-state index is 13.9. The molecule has 0 aliphatic carbocycles. The quantitative estimate of drug-likeness (QED) is 0.633. The van der Waals surface area contributed by atoms with Gasteiger partial charge in [-0.3, -0.25) is 4.57 Å². The molecule has 3 heteroatoms. The first-order valence-corrected chi connectivity index (χ1v) is 5.86. The summed E-state index contributed by atoms with van der Waals surface area (Å²) in [5.74, 6) is -0.235. The van der Waals surface area contributed by atoms with Crippen molar-refractivity contribution in [2.24, 2.45) is 0 Å². The Hall–Kier alpha value is -2.16. The first-order chi connectivity index (χ1) is 8.66. The Morgan fingerprint density at radius 1 is 1.11 bits per heavy atom. The van der Waals surface area contributed by atoms with Crippen LogP contribution in [0, 0.1) is 19.7 Å². The lowest BCUT2D eigenvalue weighted by atomic mass is 10.2. The summed E-state index contributed by atoms with van der Waals surface area (Å²) in [7, 11) is 0. The number of imidazole rings is 1. The van der Waals surface area contributed by atoms with E-state index in [1.54, 1.807) is 17.0 Å². The number of fused-ring (bicyclic) bond motifs is 1. The van der Waals surface area contributed by atoms with Gasteiger partial charge >= 0.3 is 0 Å². The number of rotatable bonds is 1.